The first-order chi connectivity index (χ1) is 7.24. The molecule has 2 rings (SSSR count). The summed E-state index contributed by atoms with van der Waals surface area (Å²) in [7, 11) is 0. The van der Waals surface area contributed by atoms with Crippen molar-refractivity contribution in [1.82, 2.24) is 10.6 Å². The van der Waals surface area contributed by atoms with Crippen molar-refractivity contribution >= 4 is 17.3 Å². The van der Waals surface area contributed by atoms with Gasteiger partial charge in [0.15, 0.2) is 5.11 Å². The number of hydrogen-bond acceptors (Lipinski definition) is 1. The maximum Gasteiger partial charge on any atom is 0.166 e. The highest BCUT2D eigenvalue weighted by molar-refractivity contribution is 7.80. The first-order valence-corrected chi connectivity index (χ1v) is 6.69. The predicted octanol–water partition coefficient (Wildman–Crippen LogP) is 2.58. The SMILES string of the molecule is CCC1(CNC(=S)NC2CCCC2)CC1. The minimum absolute atomic E-state index is 0.585. The molecule has 0 spiro atoms. The summed E-state index contributed by atoms with van der Waals surface area (Å²) in [5.74, 6) is 0. The van der Waals surface area contributed by atoms with Crippen LogP contribution in [-0.4, -0.2) is 17.7 Å². The van der Waals surface area contributed by atoms with Crippen molar-refractivity contribution in [1.29, 1.82) is 0 Å². The van der Waals surface area contributed by atoms with Gasteiger partial charge in [0, 0.05) is 12.6 Å². The molecule has 2 aliphatic rings. The van der Waals surface area contributed by atoms with E-state index >= 15 is 0 Å². The lowest BCUT2D eigenvalue weighted by atomic mass is 10.0. The fraction of sp³-hybridized carbons (Fsp3) is 0.917. The third-order valence-corrected chi connectivity index (χ3v) is 4.28. The Bertz CT molecular complexity index is 230. The van der Waals surface area contributed by atoms with Gasteiger partial charge in [-0.05, 0) is 49.7 Å². The van der Waals surface area contributed by atoms with Crippen molar-refractivity contribution in [2.24, 2.45) is 5.41 Å². The number of thiocarbonyl (C=S) groups is 1. The highest BCUT2D eigenvalue weighted by atomic mass is 32.1. The largest absolute Gasteiger partial charge is 0.362 e. The van der Waals surface area contributed by atoms with Gasteiger partial charge in [0.05, 0.1) is 0 Å². The van der Waals surface area contributed by atoms with Crippen LogP contribution in [-0.2, 0) is 0 Å². The smallest absolute Gasteiger partial charge is 0.166 e. The molecule has 2 saturated carbocycles. The molecule has 0 radical (unpaired) electrons. The maximum atomic E-state index is 5.31. The fourth-order valence-electron chi connectivity index (χ4n) is 2.41. The fourth-order valence-corrected chi connectivity index (χ4v) is 2.65. The number of rotatable bonds is 4. The molecule has 2 N–H and O–H groups in total. The molecule has 0 saturated heterocycles. The average molecular weight is 226 g/mol. The van der Waals surface area contributed by atoms with E-state index in [1.165, 1.54) is 44.9 Å². The number of hydrogen-bond donors (Lipinski definition) is 2. The normalized spacial score (nSPS) is 23.8. The zero-order valence-corrected chi connectivity index (χ0v) is 10.5. The van der Waals surface area contributed by atoms with Gasteiger partial charge in [0.2, 0.25) is 0 Å². The van der Waals surface area contributed by atoms with E-state index in [0.29, 0.717) is 11.5 Å². The van der Waals surface area contributed by atoms with Gasteiger partial charge in [-0.3, -0.25) is 0 Å². The predicted molar refractivity (Wildman–Crippen MR) is 68.0 cm³/mol. The molecule has 0 aromatic rings. The highest BCUT2D eigenvalue weighted by Gasteiger charge is 2.40. The Kier molecular flexibility index (Phi) is 3.49. The van der Waals surface area contributed by atoms with Gasteiger partial charge in [0.1, 0.15) is 0 Å². The average Bonchev–Trinajstić information content (AvgIpc) is 2.86. The van der Waals surface area contributed by atoms with E-state index < -0.39 is 0 Å². The van der Waals surface area contributed by atoms with Crippen molar-refractivity contribution in [3.8, 4) is 0 Å². The molecule has 0 aromatic heterocycles. The van der Waals surface area contributed by atoms with Crippen molar-refractivity contribution in [2.75, 3.05) is 6.54 Å². The Morgan fingerprint density at radius 2 is 2.00 bits per heavy atom. The summed E-state index contributed by atoms with van der Waals surface area (Å²) in [6, 6.07) is 0.641. The molecule has 0 aliphatic heterocycles. The van der Waals surface area contributed by atoms with Gasteiger partial charge in [-0.1, -0.05) is 19.8 Å². The number of nitrogens with one attached hydrogen (secondary N) is 2. The van der Waals surface area contributed by atoms with E-state index in [-0.39, 0.29) is 0 Å². The van der Waals surface area contributed by atoms with E-state index in [4.69, 9.17) is 12.2 Å². The van der Waals surface area contributed by atoms with Gasteiger partial charge in [0.25, 0.3) is 0 Å². The molecule has 3 heteroatoms. The Balaban J connectivity index is 1.64. The molecule has 2 nitrogen and oxygen atoms in total. The lowest BCUT2D eigenvalue weighted by Gasteiger charge is -2.19. The third kappa shape index (κ3) is 3.07. The summed E-state index contributed by atoms with van der Waals surface area (Å²) < 4.78 is 0. The van der Waals surface area contributed by atoms with Crippen LogP contribution in [0.3, 0.4) is 0 Å². The first kappa shape index (κ1) is 11.2. The van der Waals surface area contributed by atoms with E-state index in [1.807, 2.05) is 0 Å². The summed E-state index contributed by atoms with van der Waals surface area (Å²) >= 11 is 5.31. The molecule has 86 valence electrons. The van der Waals surface area contributed by atoms with Crippen LogP contribution in [0.4, 0.5) is 0 Å². The lowest BCUT2D eigenvalue weighted by Crippen LogP contribution is -2.42. The Morgan fingerprint density at radius 3 is 2.53 bits per heavy atom. The van der Waals surface area contributed by atoms with Crippen molar-refractivity contribution in [3.63, 3.8) is 0 Å². The monoisotopic (exact) mass is 226 g/mol. The van der Waals surface area contributed by atoms with Gasteiger partial charge in [-0.25, -0.2) is 0 Å². The Morgan fingerprint density at radius 1 is 1.33 bits per heavy atom. The van der Waals surface area contributed by atoms with Crippen LogP contribution in [0.15, 0.2) is 0 Å². The van der Waals surface area contributed by atoms with E-state index in [1.54, 1.807) is 0 Å². The second kappa shape index (κ2) is 4.69. The van der Waals surface area contributed by atoms with Crippen LogP contribution in [0.1, 0.15) is 51.9 Å². The second-order valence-electron chi connectivity index (χ2n) is 5.16. The van der Waals surface area contributed by atoms with Crippen LogP contribution in [0.2, 0.25) is 0 Å². The molecular weight excluding hydrogens is 204 g/mol. The molecule has 15 heavy (non-hydrogen) atoms. The first-order valence-electron chi connectivity index (χ1n) is 6.28. The summed E-state index contributed by atoms with van der Waals surface area (Å²) in [4.78, 5) is 0. The summed E-state index contributed by atoms with van der Waals surface area (Å²) in [6.07, 6.45) is 9.34. The Labute approximate surface area is 98.2 Å². The van der Waals surface area contributed by atoms with Crippen LogP contribution < -0.4 is 10.6 Å². The molecule has 0 aromatic carbocycles. The van der Waals surface area contributed by atoms with Crippen molar-refractivity contribution in [3.05, 3.63) is 0 Å². The zero-order valence-electron chi connectivity index (χ0n) is 9.64. The molecule has 0 unspecified atom stereocenters. The molecule has 0 bridgehead atoms. The van der Waals surface area contributed by atoms with E-state index in [9.17, 15) is 0 Å². The van der Waals surface area contributed by atoms with Gasteiger partial charge in [-0.15, -0.1) is 0 Å². The minimum atomic E-state index is 0.585. The summed E-state index contributed by atoms with van der Waals surface area (Å²) in [5, 5.41) is 7.68. The van der Waals surface area contributed by atoms with Crippen LogP contribution >= 0.6 is 12.2 Å². The topological polar surface area (TPSA) is 24.1 Å². The molecule has 0 atom stereocenters. The second-order valence-corrected chi connectivity index (χ2v) is 5.57. The van der Waals surface area contributed by atoms with Crippen LogP contribution in [0.5, 0.6) is 0 Å². The summed E-state index contributed by atoms with van der Waals surface area (Å²) in [5.41, 5.74) is 0.585. The molecule has 2 aliphatic carbocycles. The summed E-state index contributed by atoms with van der Waals surface area (Å²) in [6.45, 7) is 3.35. The maximum absolute atomic E-state index is 5.31. The molecule has 0 heterocycles. The van der Waals surface area contributed by atoms with Crippen LogP contribution in [0.25, 0.3) is 0 Å². The lowest BCUT2D eigenvalue weighted by molar-refractivity contribution is 0.477. The van der Waals surface area contributed by atoms with E-state index in [0.717, 1.165) is 11.7 Å². The Hall–Kier alpha value is -0.310. The minimum Gasteiger partial charge on any atom is -0.362 e. The van der Waals surface area contributed by atoms with Gasteiger partial charge in [-0.2, -0.15) is 0 Å². The van der Waals surface area contributed by atoms with Crippen molar-refractivity contribution < 1.29 is 0 Å². The van der Waals surface area contributed by atoms with Gasteiger partial charge >= 0.3 is 0 Å². The molecule has 0 amide bonds. The van der Waals surface area contributed by atoms with Crippen LogP contribution in [0, 0.1) is 5.41 Å². The van der Waals surface area contributed by atoms with Crippen molar-refractivity contribution in [2.45, 2.75) is 57.9 Å². The zero-order chi connectivity index (χ0) is 10.7. The molecule has 2 fully saturated rings. The van der Waals surface area contributed by atoms with E-state index in [2.05, 4.69) is 17.6 Å². The molecular formula is C12H22N2S. The standard InChI is InChI=1S/C12H22N2S/c1-2-12(7-8-12)9-13-11(15)14-10-5-3-4-6-10/h10H,2-9H2,1H3,(H2,13,14,15). The quantitative estimate of drug-likeness (QED) is 0.721. The van der Waals surface area contributed by atoms with Gasteiger partial charge < -0.3 is 10.6 Å². The highest BCUT2D eigenvalue weighted by Crippen LogP contribution is 2.47. The third-order valence-electron chi connectivity index (χ3n) is 4.02.